The van der Waals surface area contributed by atoms with E-state index in [1.165, 1.54) is 44.5 Å². The van der Waals surface area contributed by atoms with Gasteiger partial charge in [-0.25, -0.2) is 9.97 Å². The summed E-state index contributed by atoms with van der Waals surface area (Å²) in [5, 5.41) is 8.76. The zero-order valence-electron chi connectivity index (χ0n) is 35.0. The van der Waals surface area contributed by atoms with E-state index in [0.717, 1.165) is 61.7 Å². The Morgan fingerprint density at radius 1 is 0.323 bits per heavy atom. The van der Waals surface area contributed by atoms with Gasteiger partial charge in [-0.2, -0.15) is 0 Å². The second kappa shape index (κ2) is 14.7. The largest absolute Gasteiger partial charge is 0.416 e. The number of aromatic nitrogens is 4. The molecule has 0 saturated carbocycles. The number of hydrogen-bond acceptors (Lipinski definition) is 6. The molecule has 0 amide bonds. The van der Waals surface area contributed by atoms with Crippen LogP contribution in [0.5, 0.6) is 0 Å². The molecule has 9 aromatic carbocycles. The lowest BCUT2D eigenvalue weighted by Crippen LogP contribution is -2.26. The predicted molar refractivity (Wildman–Crippen MR) is 260 cm³/mol. The minimum absolute atomic E-state index is 0.474. The van der Waals surface area contributed by atoms with E-state index in [0.29, 0.717) is 11.8 Å². The molecule has 13 rings (SSSR count). The zero-order chi connectivity index (χ0) is 42.9. The topological polar surface area (TPSA) is 67.9 Å². The Kier molecular flexibility index (Phi) is 8.33. The highest BCUT2D eigenvalue weighted by molar-refractivity contribution is 5.98. The van der Waals surface area contributed by atoms with E-state index < -0.39 is 5.41 Å². The van der Waals surface area contributed by atoms with Crippen molar-refractivity contribution in [3.8, 4) is 67.7 Å². The second-order valence-corrected chi connectivity index (χ2v) is 16.6. The van der Waals surface area contributed by atoms with Crippen LogP contribution in [0.1, 0.15) is 22.3 Å². The van der Waals surface area contributed by atoms with Crippen molar-refractivity contribution in [1.82, 2.24) is 20.2 Å². The van der Waals surface area contributed by atoms with Crippen LogP contribution >= 0.6 is 0 Å². The highest BCUT2D eigenvalue weighted by Gasteiger charge is 2.52. The first-order chi connectivity index (χ1) is 32.2. The van der Waals surface area contributed by atoms with E-state index in [2.05, 4.69) is 185 Å². The summed E-state index contributed by atoms with van der Waals surface area (Å²) in [6.07, 6.45) is 0. The molecule has 0 saturated heterocycles. The fourth-order valence-electron chi connectivity index (χ4n) is 10.2. The lowest BCUT2D eigenvalue weighted by Gasteiger charge is -2.32. The number of para-hydroxylation sites is 3. The van der Waals surface area contributed by atoms with Gasteiger partial charge in [0.05, 0.1) is 27.8 Å². The van der Waals surface area contributed by atoms with Crippen LogP contribution in [-0.4, -0.2) is 20.2 Å². The van der Waals surface area contributed by atoms with Crippen LogP contribution in [0.3, 0.4) is 0 Å². The van der Waals surface area contributed by atoms with Crippen molar-refractivity contribution in [2.75, 3.05) is 4.90 Å². The van der Waals surface area contributed by atoms with Crippen molar-refractivity contribution < 1.29 is 4.42 Å². The molecule has 2 aliphatic rings. The molecule has 0 aliphatic heterocycles. The molecule has 0 N–H and O–H groups in total. The smallest absolute Gasteiger partial charge is 0.248 e. The average Bonchev–Trinajstić information content (AvgIpc) is 4.07. The van der Waals surface area contributed by atoms with Crippen LogP contribution in [0.2, 0.25) is 0 Å². The molecule has 0 radical (unpaired) electrons. The van der Waals surface area contributed by atoms with Crippen LogP contribution in [-0.2, 0) is 5.41 Å². The van der Waals surface area contributed by atoms with Gasteiger partial charge in [0.25, 0.3) is 0 Å². The van der Waals surface area contributed by atoms with Crippen LogP contribution in [0.4, 0.5) is 17.1 Å². The van der Waals surface area contributed by atoms with Gasteiger partial charge in [-0.3, -0.25) is 0 Å². The van der Waals surface area contributed by atoms with Gasteiger partial charge in [0.2, 0.25) is 11.8 Å². The summed E-state index contributed by atoms with van der Waals surface area (Å²) < 4.78 is 6.16. The van der Waals surface area contributed by atoms with Crippen LogP contribution in [0.15, 0.2) is 229 Å². The molecule has 304 valence electrons. The molecular weight excluding hydrogens is 795 g/mol. The Morgan fingerprint density at radius 2 is 0.754 bits per heavy atom. The molecule has 2 aromatic heterocycles. The van der Waals surface area contributed by atoms with E-state index in [9.17, 15) is 0 Å². The van der Waals surface area contributed by atoms with Gasteiger partial charge in [0.1, 0.15) is 0 Å². The standard InChI is InChI=1S/C59H37N5O/c1-4-16-38(17-5-1)55-56(61-54-27-15-14-26-53(54)60-55)41-30-34-47-48-35-33-44(37-52(48)59(51(47)36-41)49-24-12-10-22-45(49)46-23-11-13-25-50(46)59)64(42-20-8-3-9-21-42)43-31-28-40(29-32-43)58-63-62-57(65-58)39-18-6-2-7-19-39/h1-37H. The molecule has 0 fully saturated rings. The van der Waals surface area contributed by atoms with Crippen LogP contribution in [0.25, 0.3) is 78.7 Å². The molecule has 11 aromatic rings. The quantitative estimate of drug-likeness (QED) is 0.159. The summed E-state index contributed by atoms with van der Waals surface area (Å²) in [6.45, 7) is 0. The number of nitrogens with zero attached hydrogens (tertiary/aromatic N) is 5. The fraction of sp³-hybridized carbons (Fsp3) is 0.0169. The third-order valence-electron chi connectivity index (χ3n) is 13.1. The number of fused-ring (bicyclic) bond motifs is 11. The van der Waals surface area contributed by atoms with Gasteiger partial charge >= 0.3 is 0 Å². The van der Waals surface area contributed by atoms with Gasteiger partial charge in [-0.05, 0) is 123 Å². The second-order valence-electron chi connectivity index (χ2n) is 16.6. The molecule has 0 unspecified atom stereocenters. The van der Waals surface area contributed by atoms with Gasteiger partial charge in [0, 0.05) is 39.3 Å². The number of rotatable bonds is 7. The van der Waals surface area contributed by atoms with Crippen LogP contribution in [0, 0.1) is 0 Å². The van der Waals surface area contributed by atoms with Gasteiger partial charge in [-0.15, -0.1) is 10.2 Å². The predicted octanol–water partition coefficient (Wildman–Crippen LogP) is 14.5. The molecular formula is C59H37N5O. The van der Waals surface area contributed by atoms with Gasteiger partial charge < -0.3 is 9.32 Å². The Balaban J connectivity index is 1.00. The van der Waals surface area contributed by atoms with Gasteiger partial charge in [0.15, 0.2) is 0 Å². The van der Waals surface area contributed by atoms with E-state index in [-0.39, 0.29) is 0 Å². The van der Waals surface area contributed by atoms with E-state index in [1.54, 1.807) is 0 Å². The Labute approximate surface area is 375 Å². The summed E-state index contributed by atoms with van der Waals surface area (Å²) in [7, 11) is 0. The summed E-state index contributed by atoms with van der Waals surface area (Å²) in [5.41, 5.74) is 19.7. The summed E-state index contributed by atoms with van der Waals surface area (Å²) >= 11 is 0. The molecule has 0 atom stereocenters. The Hall–Kier alpha value is -8.74. The average molecular weight is 832 g/mol. The molecule has 6 nitrogen and oxygen atoms in total. The maximum Gasteiger partial charge on any atom is 0.248 e. The number of hydrogen-bond donors (Lipinski definition) is 0. The van der Waals surface area contributed by atoms with E-state index in [1.807, 2.05) is 54.6 Å². The highest BCUT2D eigenvalue weighted by atomic mass is 16.4. The fourth-order valence-corrected chi connectivity index (χ4v) is 10.2. The first kappa shape index (κ1) is 36.9. The molecule has 0 bridgehead atoms. The Morgan fingerprint density at radius 3 is 1.38 bits per heavy atom. The summed E-state index contributed by atoms with van der Waals surface area (Å²) in [4.78, 5) is 13.0. The van der Waals surface area contributed by atoms with Gasteiger partial charge in [-0.1, -0.05) is 146 Å². The first-order valence-electron chi connectivity index (χ1n) is 21.9. The third kappa shape index (κ3) is 5.74. The molecule has 2 heterocycles. The van der Waals surface area contributed by atoms with Crippen molar-refractivity contribution >= 4 is 28.1 Å². The lowest BCUT2D eigenvalue weighted by atomic mass is 9.70. The molecule has 1 spiro atoms. The van der Waals surface area contributed by atoms with E-state index in [4.69, 9.17) is 14.4 Å². The van der Waals surface area contributed by atoms with Crippen LogP contribution < -0.4 is 4.90 Å². The summed E-state index contributed by atoms with van der Waals surface area (Å²) in [5.74, 6) is 0.968. The van der Waals surface area contributed by atoms with E-state index >= 15 is 0 Å². The Bertz CT molecular complexity index is 3560. The van der Waals surface area contributed by atoms with Crippen molar-refractivity contribution in [1.29, 1.82) is 0 Å². The molecule has 6 heteroatoms. The maximum atomic E-state index is 6.16. The molecule has 2 aliphatic carbocycles. The third-order valence-corrected chi connectivity index (χ3v) is 13.1. The van der Waals surface area contributed by atoms with Crippen molar-refractivity contribution in [3.05, 3.63) is 247 Å². The van der Waals surface area contributed by atoms with Crippen molar-refractivity contribution in [2.45, 2.75) is 5.41 Å². The maximum absolute atomic E-state index is 6.16. The minimum atomic E-state index is -0.609. The van der Waals surface area contributed by atoms with Crippen molar-refractivity contribution in [3.63, 3.8) is 0 Å². The number of benzene rings is 9. The molecule has 65 heavy (non-hydrogen) atoms. The lowest BCUT2D eigenvalue weighted by molar-refractivity contribution is 0.584. The zero-order valence-corrected chi connectivity index (χ0v) is 35.0. The highest BCUT2D eigenvalue weighted by Crippen LogP contribution is 2.64. The summed E-state index contributed by atoms with van der Waals surface area (Å²) in [6, 6.07) is 79.2. The van der Waals surface area contributed by atoms with Crippen molar-refractivity contribution in [2.24, 2.45) is 0 Å². The monoisotopic (exact) mass is 831 g/mol. The minimum Gasteiger partial charge on any atom is -0.416 e. The SMILES string of the molecule is c1ccc(-c2nnc(-c3ccc(N(c4ccccc4)c4ccc5c(c4)C4(c6ccccc6-c6ccccc64)c4cc(-c6nc7ccccc7nc6-c6ccccc6)ccc4-5)cc3)o2)cc1. The number of anilines is 3. The first-order valence-corrected chi connectivity index (χ1v) is 21.9. The normalized spacial score (nSPS) is 12.7.